The van der Waals surface area contributed by atoms with Crippen LogP contribution < -0.4 is 9.47 Å². The summed E-state index contributed by atoms with van der Waals surface area (Å²) in [6.07, 6.45) is 2.46. The molecule has 0 aliphatic heterocycles. The first kappa shape index (κ1) is 19.0. The lowest BCUT2D eigenvalue weighted by Gasteiger charge is -2.13. The van der Waals surface area contributed by atoms with Gasteiger partial charge in [-0.1, -0.05) is 57.5 Å². The van der Waals surface area contributed by atoms with Crippen LogP contribution in [0.5, 0.6) is 17.4 Å². The maximum absolute atomic E-state index is 6.44. The summed E-state index contributed by atoms with van der Waals surface area (Å²) in [5.74, 6) is 1.94. The van der Waals surface area contributed by atoms with Crippen molar-refractivity contribution in [2.24, 2.45) is 0 Å². The van der Waals surface area contributed by atoms with E-state index in [1.54, 1.807) is 7.11 Å². The molecule has 3 aromatic rings. The standard InChI is InChI=1S/C19H16BrClN2O2S/c1-24-14-8-6-12(7-9-14)10-16-17(21)22-19(26-2)23-18(16)25-15-5-3-4-13(20)11-15/h3-9,11H,10H2,1-2H3. The second-order valence-corrected chi connectivity index (χ2v) is 7.42. The van der Waals surface area contributed by atoms with Gasteiger partial charge in [-0.15, -0.1) is 0 Å². The zero-order valence-electron chi connectivity index (χ0n) is 14.2. The van der Waals surface area contributed by atoms with Gasteiger partial charge in [0.05, 0.1) is 12.7 Å². The summed E-state index contributed by atoms with van der Waals surface area (Å²) >= 11 is 11.3. The summed E-state index contributed by atoms with van der Waals surface area (Å²) in [5.41, 5.74) is 1.81. The third-order valence-corrected chi connectivity index (χ3v) is 4.98. The number of hydrogen-bond donors (Lipinski definition) is 0. The normalized spacial score (nSPS) is 10.6. The minimum Gasteiger partial charge on any atom is -0.497 e. The van der Waals surface area contributed by atoms with Crippen molar-refractivity contribution in [2.75, 3.05) is 13.4 Å². The fourth-order valence-electron chi connectivity index (χ4n) is 2.33. The highest BCUT2D eigenvalue weighted by Crippen LogP contribution is 2.32. The van der Waals surface area contributed by atoms with Gasteiger partial charge in [0.25, 0.3) is 0 Å². The highest BCUT2D eigenvalue weighted by molar-refractivity contribution is 9.10. The zero-order valence-corrected chi connectivity index (χ0v) is 17.4. The van der Waals surface area contributed by atoms with Crippen LogP contribution in [0.3, 0.4) is 0 Å². The van der Waals surface area contributed by atoms with Crippen LogP contribution in [-0.2, 0) is 6.42 Å². The van der Waals surface area contributed by atoms with Gasteiger partial charge in [-0.25, -0.2) is 4.98 Å². The number of ether oxygens (including phenoxy) is 2. The molecule has 0 radical (unpaired) electrons. The lowest BCUT2D eigenvalue weighted by atomic mass is 10.1. The Morgan fingerprint density at radius 1 is 1.08 bits per heavy atom. The molecule has 4 nitrogen and oxygen atoms in total. The Morgan fingerprint density at radius 2 is 1.85 bits per heavy atom. The first-order valence-corrected chi connectivity index (χ1v) is 10.2. The predicted octanol–water partition coefficient (Wildman–Crippen LogP) is 6.01. The number of methoxy groups -OCH3 is 1. The summed E-state index contributed by atoms with van der Waals surface area (Å²) in [4.78, 5) is 8.86. The van der Waals surface area contributed by atoms with E-state index in [0.29, 0.717) is 28.4 Å². The Labute approximate surface area is 170 Å². The van der Waals surface area contributed by atoms with Gasteiger partial charge in [-0.2, -0.15) is 4.98 Å². The third-order valence-electron chi connectivity index (χ3n) is 3.63. The molecular weight excluding hydrogens is 436 g/mol. The van der Waals surface area contributed by atoms with Gasteiger partial charge in [-0.3, -0.25) is 0 Å². The summed E-state index contributed by atoms with van der Waals surface area (Å²) in [6.45, 7) is 0. The Balaban J connectivity index is 1.96. The first-order chi connectivity index (χ1) is 12.6. The average Bonchev–Trinajstić information content (AvgIpc) is 2.65. The molecule has 0 saturated carbocycles. The fourth-order valence-corrected chi connectivity index (χ4v) is 3.35. The summed E-state index contributed by atoms with van der Waals surface area (Å²) in [5, 5.41) is 0.962. The molecule has 0 unspecified atom stereocenters. The number of aromatic nitrogens is 2. The molecule has 0 spiro atoms. The second-order valence-electron chi connectivity index (χ2n) is 5.37. The van der Waals surface area contributed by atoms with Crippen molar-refractivity contribution < 1.29 is 9.47 Å². The van der Waals surface area contributed by atoms with E-state index in [4.69, 9.17) is 21.1 Å². The molecule has 0 atom stereocenters. The van der Waals surface area contributed by atoms with Crippen molar-refractivity contribution >= 4 is 39.3 Å². The van der Waals surface area contributed by atoms with E-state index >= 15 is 0 Å². The molecule has 0 bridgehead atoms. The molecule has 0 amide bonds. The van der Waals surface area contributed by atoms with Crippen molar-refractivity contribution in [3.8, 4) is 17.4 Å². The van der Waals surface area contributed by atoms with Crippen molar-refractivity contribution in [3.63, 3.8) is 0 Å². The van der Waals surface area contributed by atoms with Crippen LogP contribution in [-0.4, -0.2) is 23.3 Å². The SMILES string of the molecule is COc1ccc(Cc2c(Cl)nc(SC)nc2Oc2cccc(Br)c2)cc1. The van der Waals surface area contributed by atoms with Crippen LogP contribution >= 0.6 is 39.3 Å². The fraction of sp³-hybridized carbons (Fsp3) is 0.158. The Kier molecular flexibility index (Phi) is 6.40. The van der Waals surface area contributed by atoms with Crippen molar-refractivity contribution in [3.05, 3.63) is 69.3 Å². The van der Waals surface area contributed by atoms with Crippen molar-refractivity contribution in [1.82, 2.24) is 9.97 Å². The molecule has 7 heteroatoms. The maximum atomic E-state index is 6.44. The van der Waals surface area contributed by atoms with Crippen molar-refractivity contribution in [1.29, 1.82) is 0 Å². The Morgan fingerprint density at radius 3 is 2.50 bits per heavy atom. The highest BCUT2D eigenvalue weighted by atomic mass is 79.9. The van der Waals surface area contributed by atoms with E-state index in [-0.39, 0.29) is 0 Å². The molecule has 2 aromatic carbocycles. The topological polar surface area (TPSA) is 44.2 Å². The van der Waals surface area contributed by atoms with Gasteiger partial charge in [0.2, 0.25) is 5.88 Å². The summed E-state index contributed by atoms with van der Waals surface area (Å²) in [6, 6.07) is 15.4. The highest BCUT2D eigenvalue weighted by Gasteiger charge is 2.16. The molecule has 1 aromatic heterocycles. The largest absolute Gasteiger partial charge is 0.497 e. The number of thioether (sulfide) groups is 1. The molecule has 0 N–H and O–H groups in total. The van der Waals surface area contributed by atoms with E-state index < -0.39 is 0 Å². The van der Waals surface area contributed by atoms with Gasteiger partial charge in [0, 0.05) is 10.9 Å². The second kappa shape index (κ2) is 8.75. The molecule has 0 saturated heterocycles. The molecule has 3 rings (SSSR count). The first-order valence-electron chi connectivity index (χ1n) is 7.76. The van der Waals surface area contributed by atoms with Crippen molar-refractivity contribution in [2.45, 2.75) is 11.6 Å². The number of halogens is 2. The van der Waals surface area contributed by atoms with Crippen LogP contribution in [0.1, 0.15) is 11.1 Å². The molecule has 0 aliphatic rings. The smallest absolute Gasteiger partial charge is 0.228 e. The Hall–Kier alpha value is -1.76. The molecule has 0 aliphatic carbocycles. The van der Waals surface area contributed by atoms with E-state index in [0.717, 1.165) is 21.3 Å². The van der Waals surface area contributed by atoms with E-state index in [9.17, 15) is 0 Å². The van der Waals surface area contributed by atoms with Gasteiger partial charge >= 0.3 is 0 Å². The number of nitrogens with zero attached hydrogens (tertiary/aromatic N) is 2. The summed E-state index contributed by atoms with van der Waals surface area (Å²) in [7, 11) is 1.64. The number of hydrogen-bond acceptors (Lipinski definition) is 5. The molecule has 26 heavy (non-hydrogen) atoms. The van der Waals surface area contributed by atoms with Crippen LogP contribution in [0.15, 0.2) is 58.2 Å². The molecular formula is C19H16BrClN2O2S. The third kappa shape index (κ3) is 4.69. The average molecular weight is 452 g/mol. The quantitative estimate of drug-likeness (QED) is 0.261. The van der Waals surface area contributed by atoms with Crippen LogP contribution in [0.4, 0.5) is 0 Å². The van der Waals surface area contributed by atoms with Crippen LogP contribution in [0.2, 0.25) is 5.15 Å². The van der Waals surface area contributed by atoms with Gasteiger partial charge in [0.1, 0.15) is 16.7 Å². The summed E-state index contributed by atoms with van der Waals surface area (Å²) < 4.78 is 12.2. The van der Waals surface area contributed by atoms with E-state index in [1.165, 1.54) is 11.8 Å². The molecule has 0 fully saturated rings. The van der Waals surface area contributed by atoms with Gasteiger partial charge in [0.15, 0.2) is 5.16 Å². The minimum absolute atomic E-state index is 0.394. The van der Waals surface area contributed by atoms with E-state index in [2.05, 4.69) is 25.9 Å². The van der Waals surface area contributed by atoms with Crippen LogP contribution in [0.25, 0.3) is 0 Å². The Bertz CT molecular complexity index is 907. The predicted molar refractivity (Wildman–Crippen MR) is 109 cm³/mol. The zero-order chi connectivity index (χ0) is 18.5. The van der Waals surface area contributed by atoms with Gasteiger partial charge < -0.3 is 9.47 Å². The minimum atomic E-state index is 0.394. The lowest BCUT2D eigenvalue weighted by Crippen LogP contribution is -2.01. The molecule has 1 heterocycles. The van der Waals surface area contributed by atoms with Gasteiger partial charge in [-0.05, 0) is 42.2 Å². The maximum Gasteiger partial charge on any atom is 0.228 e. The monoisotopic (exact) mass is 450 g/mol. The lowest BCUT2D eigenvalue weighted by molar-refractivity contribution is 0.414. The molecule has 134 valence electrons. The number of benzene rings is 2. The van der Waals surface area contributed by atoms with Crippen LogP contribution in [0, 0.1) is 0 Å². The van der Waals surface area contributed by atoms with E-state index in [1.807, 2.05) is 54.8 Å². The number of rotatable bonds is 6.